The summed E-state index contributed by atoms with van der Waals surface area (Å²) in [4.78, 5) is 10.4. The molecule has 4 nitrogen and oxygen atoms in total. The minimum Gasteiger partial charge on any atom is -0.311 e. The molecule has 26 rings (SSSR count). The lowest BCUT2D eigenvalue weighted by Crippen LogP contribution is -2.75. The van der Waals surface area contributed by atoms with E-state index in [-0.39, 0.29) is 13.4 Å². The molecule has 4 aliphatic rings. The van der Waals surface area contributed by atoms with E-state index < -0.39 is 16.1 Å². The van der Waals surface area contributed by atoms with Crippen LogP contribution >= 0.6 is 0 Å². The van der Waals surface area contributed by atoms with E-state index in [0.29, 0.717) is 0 Å². The maximum absolute atomic E-state index is 3.48. The van der Waals surface area contributed by atoms with Gasteiger partial charge in [-0.15, -0.1) is 0 Å². The Bertz CT molecular complexity index is 8020. The van der Waals surface area contributed by atoms with Gasteiger partial charge in [-0.05, 0) is 249 Å². The van der Waals surface area contributed by atoms with Crippen molar-refractivity contribution in [1.29, 1.82) is 0 Å². The molecule has 0 spiro atoms. The van der Waals surface area contributed by atoms with Crippen molar-refractivity contribution in [3.05, 3.63) is 558 Å². The van der Waals surface area contributed by atoms with Gasteiger partial charge in [0.05, 0.1) is 0 Å². The van der Waals surface area contributed by atoms with Gasteiger partial charge in [-0.25, -0.2) is 0 Å². The third-order valence-electron chi connectivity index (χ3n) is 29.7. The lowest BCUT2D eigenvalue weighted by Gasteiger charge is -2.46. The predicted molar refractivity (Wildman–Crippen MR) is 600 cm³/mol. The molecule has 0 unspecified atom stereocenters. The highest BCUT2D eigenvalue weighted by Crippen LogP contribution is 2.49. The van der Waals surface area contributed by atoms with Gasteiger partial charge in [-0.1, -0.05) is 461 Å². The summed E-state index contributed by atoms with van der Waals surface area (Å²) < 4.78 is 0. The Labute approximate surface area is 821 Å². The Hall–Kier alpha value is -17.4. The van der Waals surface area contributed by atoms with Gasteiger partial charge in [0, 0.05) is 68.2 Å². The topological polar surface area (TPSA) is 13.0 Å². The maximum atomic E-state index is 2.64. The molecule has 0 fully saturated rings. The normalized spacial score (nSPS) is 12.6. The maximum Gasteiger partial charge on any atom is 0.252 e. The van der Waals surface area contributed by atoms with Crippen LogP contribution in [0.3, 0.4) is 0 Å². The predicted octanol–water partition coefficient (Wildman–Crippen LogP) is 24.3. The van der Waals surface area contributed by atoms with Crippen LogP contribution in [0.25, 0.3) is 77.9 Å². The number of anilines is 12. The molecule has 22 aromatic carbocycles. The van der Waals surface area contributed by atoms with E-state index >= 15 is 0 Å². The summed E-state index contributed by atoms with van der Waals surface area (Å²) in [5, 5.41) is 10.4. The van der Waals surface area contributed by atoms with Gasteiger partial charge >= 0.3 is 0 Å². The van der Waals surface area contributed by atoms with E-state index in [2.05, 4.69) is 578 Å². The summed E-state index contributed by atoms with van der Waals surface area (Å²) in [7, 11) is -6.66. The van der Waals surface area contributed by atoms with Crippen LogP contribution in [0, 0.1) is 0 Å². The fourth-order valence-corrected chi connectivity index (χ4v) is 32.9. The molecule has 22 aromatic rings. The largest absolute Gasteiger partial charge is 0.311 e. The van der Waals surface area contributed by atoms with Crippen LogP contribution in [0.4, 0.5) is 68.2 Å². The lowest BCUT2D eigenvalue weighted by atomic mass is 9.33. The molecule has 4 heterocycles. The molecule has 0 atom stereocenters. The second-order valence-corrected chi connectivity index (χ2v) is 44.9. The minimum atomic E-state index is -3.48. The van der Waals surface area contributed by atoms with Gasteiger partial charge in [0.15, 0.2) is 16.1 Å². The molecule has 0 radical (unpaired) electrons. The fraction of sp³-hybridized carbons (Fsp3) is 0. The third kappa shape index (κ3) is 14.0. The molecule has 140 heavy (non-hydrogen) atoms. The standard InChI is InChI=1S/C132H92B2N4Si2/c1-12-36-93(37-13-1)99-64-75-108(76-65-99)136-124-85-74-106(88-120(124)133-119-58-34-35-59-123(119)135(107-46-22-6-23-47-107)127-89-117(90-128(136)131(127)133)139(111-48-24-7-25-49-111,112-50-26-8-27-51-112)113-52-28-9-29-53-113)103-62-60-98(61-63-103)102-70-81-116(82-71-102)140(114-54-30-10-31-55-114,115-56-32-11-33-57-115)118-91-129-132-130(92-118)138(110-79-68-101(69-80-110)95-40-16-3-17-41-95)126-84-73-105(97-44-20-5-21-45-97)87-122(126)134(132)121-86-104(96-42-18-4-19-43-96)72-83-125(121)137(129)109-77-66-100(67-78-109)94-38-14-2-15-39-94/h1-92H. The quantitative estimate of drug-likeness (QED) is 0.0591. The Balaban J connectivity index is 0.648. The molecular formula is C132H92B2N4Si2. The number of nitrogens with zero attached hydrogens (tertiary/aromatic N) is 4. The minimum absolute atomic E-state index is 0.146. The molecule has 0 saturated heterocycles. The first kappa shape index (κ1) is 83.2. The third-order valence-corrected chi connectivity index (χ3v) is 39.2. The zero-order valence-corrected chi connectivity index (χ0v) is 79.1. The zero-order chi connectivity index (χ0) is 92.6. The second kappa shape index (κ2) is 35.1. The summed E-state index contributed by atoms with van der Waals surface area (Å²) in [6.07, 6.45) is 0. The molecule has 654 valence electrons. The Kier molecular flexibility index (Phi) is 20.8. The Morgan fingerprint density at radius 1 is 0.121 bits per heavy atom. The first-order chi connectivity index (χ1) is 69.4. The molecule has 0 N–H and O–H groups in total. The first-order valence-corrected chi connectivity index (χ1v) is 52.6. The molecule has 4 aliphatic heterocycles. The molecule has 0 bridgehead atoms. The highest BCUT2D eigenvalue weighted by atomic mass is 28.3. The van der Waals surface area contributed by atoms with Crippen LogP contribution in [-0.4, -0.2) is 29.6 Å². The van der Waals surface area contributed by atoms with Crippen LogP contribution in [0.15, 0.2) is 558 Å². The van der Waals surface area contributed by atoms with Crippen molar-refractivity contribution >= 4 is 172 Å². The molecule has 0 saturated carbocycles. The van der Waals surface area contributed by atoms with Crippen LogP contribution in [-0.2, 0) is 0 Å². The van der Waals surface area contributed by atoms with E-state index in [0.717, 1.165) is 84.6 Å². The van der Waals surface area contributed by atoms with Crippen LogP contribution < -0.4 is 93.9 Å². The fourth-order valence-electron chi connectivity index (χ4n) is 23.4. The van der Waals surface area contributed by atoms with Crippen molar-refractivity contribution in [2.24, 2.45) is 0 Å². The van der Waals surface area contributed by atoms with Gasteiger partial charge < -0.3 is 19.6 Å². The Morgan fingerprint density at radius 2 is 0.307 bits per heavy atom. The monoisotopic (exact) mass is 1810 g/mol. The highest BCUT2D eigenvalue weighted by Gasteiger charge is 2.51. The van der Waals surface area contributed by atoms with Gasteiger partial charge in [-0.2, -0.15) is 0 Å². The van der Waals surface area contributed by atoms with Crippen LogP contribution in [0.1, 0.15) is 0 Å². The number of para-hydroxylation sites is 2. The molecule has 0 aromatic heterocycles. The van der Waals surface area contributed by atoms with Crippen LogP contribution in [0.5, 0.6) is 0 Å². The molecule has 0 aliphatic carbocycles. The SMILES string of the molecule is c1ccc(-c2ccc(N3c4ccc(-c5ccc(-c6ccc([Si](c7ccccc7)(c7ccccc7)c7cc8c9c(c7)N(c7ccc(-c%10ccccc%10)cc7)c7ccc(-c%10ccccc%10)cc7B9c7cc(-c9ccccc9)ccc7N8c7ccc(-c8ccccc8)cc7)cc6)cc5)cc4B4c5ccccc5N(c5ccccc5)c5cc([Si](c6ccccc6)(c6ccccc6)c6ccccc6)cc3c54)cc2)cc1. The summed E-state index contributed by atoms with van der Waals surface area (Å²) >= 11 is 0. The first-order valence-electron chi connectivity index (χ1n) is 48.6. The summed E-state index contributed by atoms with van der Waals surface area (Å²) in [6, 6.07) is 211. The summed E-state index contributed by atoms with van der Waals surface area (Å²) in [6.45, 7) is -0.342. The lowest BCUT2D eigenvalue weighted by molar-refractivity contribution is 1.26. The highest BCUT2D eigenvalue weighted by molar-refractivity contribution is 7.21. The van der Waals surface area contributed by atoms with Gasteiger partial charge in [0.25, 0.3) is 13.4 Å². The van der Waals surface area contributed by atoms with E-state index in [4.69, 9.17) is 0 Å². The molecule has 8 heteroatoms. The number of benzene rings is 22. The van der Waals surface area contributed by atoms with Crippen molar-refractivity contribution in [3.8, 4) is 77.9 Å². The molecule has 0 amide bonds. The van der Waals surface area contributed by atoms with Gasteiger partial charge in [0.1, 0.15) is 0 Å². The summed E-state index contributed by atoms with van der Waals surface area (Å²) in [5.41, 5.74) is 37.5. The van der Waals surface area contributed by atoms with Crippen molar-refractivity contribution in [2.45, 2.75) is 0 Å². The zero-order valence-electron chi connectivity index (χ0n) is 77.1. The number of hydrogen-bond donors (Lipinski definition) is 0. The molecular weight excluding hydrogens is 1720 g/mol. The van der Waals surface area contributed by atoms with Gasteiger partial charge in [0.2, 0.25) is 0 Å². The van der Waals surface area contributed by atoms with Gasteiger partial charge in [-0.3, -0.25) is 0 Å². The average Bonchev–Trinajstić information content (AvgIpc) is 0.693. The van der Waals surface area contributed by atoms with Crippen LogP contribution in [0.2, 0.25) is 0 Å². The average molecular weight is 1810 g/mol. The van der Waals surface area contributed by atoms with E-state index in [1.165, 1.54) is 136 Å². The number of hydrogen-bond acceptors (Lipinski definition) is 4. The van der Waals surface area contributed by atoms with E-state index in [1.807, 2.05) is 0 Å². The van der Waals surface area contributed by atoms with E-state index in [1.54, 1.807) is 0 Å². The van der Waals surface area contributed by atoms with E-state index in [9.17, 15) is 0 Å². The second-order valence-electron chi connectivity index (χ2n) is 37.2. The smallest absolute Gasteiger partial charge is 0.252 e. The van der Waals surface area contributed by atoms with Crippen molar-refractivity contribution in [1.82, 2.24) is 0 Å². The summed E-state index contributed by atoms with van der Waals surface area (Å²) in [5.74, 6) is 0. The number of fused-ring (bicyclic) bond motifs is 8. The van der Waals surface area contributed by atoms with Crippen molar-refractivity contribution < 1.29 is 0 Å². The Morgan fingerprint density at radius 3 is 0.593 bits per heavy atom. The number of rotatable bonds is 19. The van der Waals surface area contributed by atoms with Crippen molar-refractivity contribution in [2.75, 3.05) is 19.6 Å². The van der Waals surface area contributed by atoms with Crippen molar-refractivity contribution in [3.63, 3.8) is 0 Å².